The molecule has 1 saturated carbocycles. The van der Waals surface area contributed by atoms with Crippen LogP contribution < -0.4 is 5.32 Å². The average Bonchev–Trinajstić information content (AvgIpc) is 2.73. The van der Waals surface area contributed by atoms with Crippen molar-refractivity contribution in [2.45, 2.75) is 63.2 Å². The van der Waals surface area contributed by atoms with Gasteiger partial charge >= 0.3 is 0 Å². The predicted molar refractivity (Wildman–Crippen MR) is 111 cm³/mol. The summed E-state index contributed by atoms with van der Waals surface area (Å²) >= 11 is 0. The molecule has 3 rings (SSSR count). The second-order valence-corrected chi connectivity index (χ2v) is 7.73. The molecule has 1 atom stereocenters. The Balaban J connectivity index is 1.49. The Morgan fingerprint density at radius 2 is 1.41 bits per heavy atom. The SMILES string of the molecule is OC(CNC1CCCCC1)COC(Cc1ccccc1)Cc1ccccc1. The standard InChI is InChI=1S/C24H33NO2/c26-23(18-25-22-14-8-3-9-15-22)19-27-24(16-20-10-4-1-5-11-20)17-21-12-6-2-7-13-21/h1-2,4-7,10-13,22-26H,3,8-9,14-19H2. The Morgan fingerprint density at radius 1 is 0.852 bits per heavy atom. The van der Waals surface area contributed by atoms with Gasteiger partial charge in [0.25, 0.3) is 0 Å². The van der Waals surface area contributed by atoms with Crippen molar-refractivity contribution < 1.29 is 9.84 Å². The van der Waals surface area contributed by atoms with Crippen LogP contribution >= 0.6 is 0 Å². The molecule has 1 aliphatic rings. The van der Waals surface area contributed by atoms with Crippen molar-refractivity contribution >= 4 is 0 Å². The molecular formula is C24H33NO2. The largest absolute Gasteiger partial charge is 0.389 e. The number of aliphatic hydroxyl groups is 1. The molecule has 0 amide bonds. The molecule has 0 saturated heterocycles. The lowest BCUT2D eigenvalue weighted by molar-refractivity contribution is -0.00923. The molecule has 3 heteroatoms. The summed E-state index contributed by atoms with van der Waals surface area (Å²) in [6.45, 7) is 0.998. The molecular weight excluding hydrogens is 334 g/mol. The van der Waals surface area contributed by atoms with Gasteiger partial charge in [0, 0.05) is 12.6 Å². The fourth-order valence-electron chi connectivity index (χ4n) is 3.86. The van der Waals surface area contributed by atoms with Crippen LogP contribution in [0.2, 0.25) is 0 Å². The van der Waals surface area contributed by atoms with E-state index in [1.54, 1.807) is 0 Å². The van der Waals surface area contributed by atoms with E-state index in [0.717, 1.165) is 12.8 Å². The summed E-state index contributed by atoms with van der Waals surface area (Å²) < 4.78 is 6.16. The first-order chi connectivity index (χ1) is 13.3. The lowest BCUT2D eigenvalue weighted by Gasteiger charge is -2.25. The van der Waals surface area contributed by atoms with E-state index in [4.69, 9.17) is 4.74 Å². The lowest BCUT2D eigenvalue weighted by Crippen LogP contribution is -2.39. The minimum Gasteiger partial charge on any atom is -0.389 e. The first-order valence-electron chi connectivity index (χ1n) is 10.4. The third-order valence-electron chi connectivity index (χ3n) is 5.38. The molecule has 3 nitrogen and oxygen atoms in total. The molecule has 0 spiro atoms. The van der Waals surface area contributed by atoms with Crippen LogP contribution in [0.15, 0.2) is 60.7 Å². The fourth-order valence-corrected chi connectivity index (χ4v) is 3.86. The zero-order valence-corrected chi connectivity index (χ0v) is 16.2. The molecule has 0 aromatic heterocycles. The highest BCUT2D eigenvalue weighted by Gasteiger charge is 2.17. The summed E-state index contributed by atoms with van der Waals surface area (Å²) in [4.78, 5) is 0. The molecule has 1 aliphatic carbocycles. The van der Waals surface area contributed by atoms with Gasteiger partial charge < -0.3 is 15.2 Å². The second-order valence-electron chi connectivity index (χ2n) is 7.73. The maximum Gasteiger partial charge on any atom is 0.0897 e. The number of hydrogen-bond acceptors (Lipinski definition) is 3. The number of hydrogen-bond donors (Lipinski definition) is 2. The molecule has 0 radical (unpaired) electrons. The van der Waals surface area contributed by atoms with E-state index in [9.17, 15) is 5.11 Å². The third-order valence-corrected chi connectivity index (χ3v) is 5.38. The molecule has 2 N–H and O–H groups in total. The molecule has 27 heavy (non-hydrogen) atoms. The van der Waals surface area contributed by atoms with E-state index < -0.39 is 6.10 Å². The van der Waals surface area contributed by atoms with Gasteiger partial charge in [0.05, 0.1) is 18.8 Å². The Morgan fingerprint density at radius 3 is 1.96 bits per heavy atom. The van der Waals surface area contributed by atoms with Crippen LogP contribution in [0.3, 0.4) is 0 Å². The van der Waals surface area contributed by atoms with Crippen molar-refractivity contribution in [3.05, 3.63) is 71.8 Å². The molecule has 146 valence electrons. The van der Waals surface area contributed by atoms with E-state index >= 15 is 0 Å². The zero-order chi connectivity index (χ0) is 18.7. The topological polar surface area (TPSA) is 41.5 Å². The summed E-state index contributed by atoms with van der Waals surface area (Å²) in [6, 6.07) is 21.5. The van der Waals surface area contributed by atoms with Gasteiger partial charge in [-0.15, -0.1) is 0 Å². The molecule has 1 fully saturated rings. The van der Waals surface area contributed by atoms with Gasteiger partial charge in [-0.05, 0) is 36.8 Å². The number of aliphatic hydroxyl groups excluding tert-OH is 1. The first-order valence-corrected chi connectivity index (χ1v) is 10.4. The number of ether oxygens (including phenoxy) is 1. The minimum absolute atomic E-state index is 0.0686. The average molecular weight is 368 g/mol. The minimum atomic E-state index is -0.457. The van der Waals surface area contributed by atoms with Crippen molar-refractivity contribution in [1.82, 2.24) is 5.32 Å². The second kappa shape index (κ2) is 11.2. The van der Waals surface area contributed by atoms with Gasteiger partial charge in [-0.3, -0.25) is 0 Å². The van der Waals surface area contributed by atoms with E-state index in [2.05, 4.69) is 53.8 Å². The molecule has 0 heterocycles. The van der Waals surface area contributed by atoms with Crippen LogP contribution in [-0.4, -0.2) is 36.5 Å². The van der Waals surface area contributed by atoms with Crippen LogP contribution in [-0.2, 0) is 17.6 Å². The van der Waals surface area contributed by atoms with Crippen LogP contribution in [0.5, 0.6) is 0 Å². The van der Waals surface area contributed by atoms with E-state index in [-0.39, 0.29) is 6.10 Å². The van der Waals surface area contributed by atoms with E-state index in [1.807, 2.05) is 12.1 Å². The normalized spacial score (nSPS) is 16.5. The third kappa shape index (κ3) is 7.45. The molecule has 0 bridgehead atoms. The van der Waals surface area contributed by atoms with Gasteiger partial charge in [-0.2, -0.15) is 0 Å². The van der Waals surface area contributed by atoms with E-state index in [0.29, 0.717) is 19.2 Å². The fraction of sp³-hybridized carbons (Fsp3) is 0.500. The highest BCUT2D eigenvalue weighted by molar-refractivity contribution is 5.19. The summed E-state index contributed by atoms with van der Waals surface area (Å²) in [5.74, 6) is 0. The van der Waals surface area contributed by atoms with Crippen LogP contribution in [0.4, 0.5) is 0 Å². The van der Waals surface area contributed by atoms with E-state index in [1.165, 1.54) is 43.2 Å². The Hall–Kier alpha value is -1.68. The molecule has 2 aromatic rings. The van der Waals surface area contributed by atoms with Gasteiger partial charge in [-0.25, -0.2) is 0 Å². The highest BCUT2D eigenvalue weighted by Crippen LogP contribution is 2.17. The molecule has 0 aliphatic heterocycles. The molecule has 1 unspecified atom stereocenters. The highest BCUT2D eigenvalue weighted by atomic mass is 16.5. The summed E-state index contributed by atoms with van der Waals surface area (Å²) in [5, 5.41) is 13.9. The number of rotatable bonds is 10. The monoisotopic (exact) mass is 367 g/mol. The summed E-state index contributed by atoms with van der Waals surface area (Å²) in [6.07, 6.45) is 7.76. The predicted octanol–water partition coefficient (Wildman–Crippen LogP) is 4.14. The van der Waals surface area contributed by atoms with Crippen molar-refractivity contribution in [3.8, 4) is 0 Å². The maximum atomic E-state index is 10.4. The van der Waals surface area contributed by atoms with Crippen molar-refractivity contribution in [1.29, 1.82) is 0 Å². The lowest BCUT2D eigenvalue weighted by atomic mass is 9.95. The zero-order valence-electron chi connectivity index (χ0n) is 16.2. The van der Waals surface area contributed by atoms with Crippen LogP contribution in [0.25, 0.3) is 0 Å². The summed E-state index contributed by atoms with van der Waals surface area (Å²) in [7, 11) is 0. The van der Waals surface area contributed by atoms with Gasteiger partial charge in [0.1, 0.15) is 0 Å². The van der Waals surface area contributed by atoms with Crippen LogP contribution in [0.1, 0.15) is 43.2 Å². The Kier molecular flexibility index (Phi) is 8.34. The Bertz CT molecular complexity index is 584. The van der Waals surface area contributed by atoms with Crippen LogP contribution in [0, 0.1) is 0 Å². The number of benzene rings is 2. The van der Waals surface area contributed by atoms with Crippen molar-refractivity contribution in [2.75, 3.05) is 13.2 Å². The van der Waals surface area contributed by atoms with Gasteiger partial charge in [0.15, 0.2) is 0 Å². The smallest absolute Gasteiger partial charge is 0.0897 e. The maximum absolute atomic E-state index is 10.4. The summed E-state index contributed by atoms with van der Waals surface area (Å²) in [5.41, 5.74) is 2.54. The number of nitrogens with one attached hydrogen (secondary N) is 1. The quantitative estimate of drug-likeness (QED) is 0.663. The Labute approximate surface area is 163 Å². The first kappa shape index (κ1) is 20.1. The van der Waals surface area contributed by atoms with Gasteiger partial charge in [-0.1, -0.05) is 79.9 Å². The van der Waals surface area contributed by atoms with Crippen molar-refractivity contribution in [3.63, 3.8) is 0 Å². The van der Waals surface area contributed by atoms with Gasteiger partial charge in [0.2, 0.25) is 0 Å². The molecule has 2 aromatic carbocycles. The van der Waals surface area contributed by atoms with Crippen molar-refractivity contribution in [2.24, 2.45) is 0 Å².